The molecule has 0 radical (unpaired) electrons. The first-order valence-electron chi connectivity index (χ1n) is 8.13. The van der Waals surface area contributed by atoms with Crippen molar-refractivity contribution < 1.29 is 9.15 Å². The van der Waals surface area contributed by atoms with Crippen LogP contribution in [0, 0.1) is 0 Å². The summed E-state index contributed by atoms with van der Waals surface area (Å²) in [6, 6.07) is 12.4. The number of piperazine rings is 1. The fourth-order valence-electron chi connectivity index (χ4n) is 2.99. The van der Waals surface area contributed by atoms with E-state index in [0.717, 1.165) is 36.3 Å². The third kappa shape index (κ3) is 3.82. The Morgan fingerprint density at radius 1 is 1.29 bits per heavy atom. The van der Waals surface area contributed by atoms with Crippen molar-refractivity contribution in [3.8, 4) is 5.75 Å². The highest BCUT2D eigenvalue weighted by molar-refractivity contribution is 7.80. The van der Waals surface area contributed by atoms with Crippen LogP contribution in [0.4, 0.5) is 5.69 Å². The zero-order valence-electron chi connectivity index (χ0n) is 14.1. The van der Waals surface area contributed by atoms with Gasteiger partial charge in [0.2, 0.25) is 0 Å². The van der Waals surface area contributed by atoms with Gasteiger partial charge in [-0.2, -0.15) is 0 Å². The van der Waals surface area contributed by atoms with E-state index in [4.69, 9.17) is 21.4 Å². The molecule has 2 aromatic rings. The van der Waals surface area contributed by atoms with Crippen molar-refractivity contribution >= 4 is 23.0 Å². The molecule has 1 fully saturated rings. The van der Waals surface area contributed by atoms with Crippen molar-refractivity contribution in [3.05, 3.63) is 48.4 Å². The monoisotopic (exact) mass is 345 g/mol. The standard InChI is InChI=1S/C18H23N3O2S/c1-14-13-20(18(24)19-12-17-4-3-11-23-17)9-10-21(14)15-5-7-16(22-2)8-6-15/h3-8,11,14H,9-10,12-13H2,1-2H3,(H,19,24). The predicted molar refractivity (Wildman–Crippen MR) is 99.5 cm³/mol. The Kier molecular flexibility index (Phi) is 5.25. The van der Waals surface area contributed by atoms with Crippen LogP contribution in [0.5, 0.6) is 5.75 Å². The Bertz CT molecular complexity index is 657. The molecule has 2 heterocycles. The Balaban J connectivity index is 1.55. The summed E-state index contributed by atoms with van der Waals surface area (Å²) in [6.45, 7) is 5.59. The van der Waals surface area contributed by atoms with Crippen molar-refractivity contribution in [3.63, 3.8) is 0 Å². The van der Waals surface area contributed by atoms with Gasteiger partial charge in [-0.1, -0.05) is 0 Å². The van der Waals surface area contributed by atoms with Crippen LogP contribution in [0.25, 0.3) is 0 Å². The second-order valence-electron chi connectivity index (χ2n) is 5.92. The Labute approximate surface area is 148 Å². The number of anilines is 1. The number of methoxy groups -OCH3 is 1. The van der Waals surface area contributed by atoms with Gasteiger partial charge >= 0.3 is 0 Å². The Morgan fingerprint density at radius 3 is 2.71 bits per heavy atom. The maximum absolute atomic E-state index is 5.53. The van der Waals surface area contributed by atoms with Gasteiger partial charge in [-0.15, -0.1) is 0 Å². The van der Waals surface area contributed by atoms with Crippen LogP contribution in [0.2, 0.25) is 0 Å². The van der Waals surface area contributed by atoms with Crippen LogP contribution in [0.15, 0.2) is 47.1 Å². The van der Waals surface area contributed by atoms with Crippen molar-refractivity contribution in [1.29, 1.82) is 0 Å². The van der Waals surface area contributed by atoms with Crippen molar-refractivity contribution in [1.82, 2.24) is 10.2 Å². The van der Waals surface area contributed by atoms with E-state index >= 15 is 0 Å². The van der Waals surface area contributed by atoms with E-state index in [-0.39, 0.29) is 0 Å². The molecule has 128 valence electrons. The van der Waals surface area contributed by atoms with E-state index in [1.807, 2.05) is 24.3 Å². The van der Waals surface area contributed by atoms with Crippen molar-refractivity contribution in [2.24, 2.45) is 0 Å². The average molecular weight is 345 g/mol. The molecular formula is C18H23N3O2S. The molecule has 1 atom stereocenters. The lowest BCUT2D eigenvalue weighted by molar-refractivity contribution is 0.332. The van der Waals surface area contributed by atoms with E-state index in [1.54, 1.807) is 13.4 Å². The summed E-state index contributed by atoms with van der Waals surface area (Å²) in [4.78, 5) is 4.63. The van der Waals surface area contributed by atoms with Gasteiger partial charge in [0.05, 0.1) is 19.9 Å². The first-order chi connectivity index (χ1) is 11.7. The van der Waals surface area contributed by atoms with Gasteiger partial charge in [-0.3, -0.25) is 0 Å². The minimum atomic E-state index is 0.385. The van der Waals surface area contributed by atoms with E-state index in [9.17, 15) is 0 Å². The summed E-state index contributed by atoms with van der Waals surface area (Å²) in [7, 11) is 1.69. The molecule has 1 N–H and O–H groups in total. The number of rotatable bonds is 4. The predicted octanol–water partition coefficient (Wildman–Crippen LogP) is 2.87. The molecule has 1 aromatic carbocycles. The van der Waals surface area contributed by atoms with Gasteiger partial charge in [0.25, 0.3) is 0 Å². The van der Waals surface area contributed by atoms with Gasteiger partial charge in [0.1, 0.15) is 11.5 Å². The van der Waals surface area contributed by atoms with Crippen LogP contribution in [0.1, 0.15) is 12.7 Å². The highest BCUT2D eigenvalue weighted by Gasteiger charge is 2.25. The number of hydrogen-bond donors (Lipinski definition) is 1. The van der Waals surface area contributed by atoms with Gasteiger partial charge in [-0.25, -0.2) is 0 Å². The molecule has 1 aliphatic heterocycles. The lowest BCUT2D eigenvalue weighted by Crippen LogP contribution is -2.55. The quantitative estimate of drug-likeness (QED) is 0.860. The molecule has 3 rings (SSSR count). The lowest BCUT2D eigenvalue weighted by atomic mass is 10.1. The molecule has 1 unspecified atom stereocenters. The molecule has 0 amide bonds. The van der Waals surface area contributed by atoms with Gasteiger partial charge < -0.3 is 24.3 Å². The first kappa shape index (κ1) is 16.6. The SMILES string of the molecule is COc1ccc(N2CCN(C(=S)NCc3ccco3)CC2C)cc1. The zero-order chi connectivity index (χ0) is 16.9. The minimum absolute atomic E-state index is 0.385. The van der Waals surface area contributed by atoms with E-state index < -0.39 is 0 Å². The summed E-state index contributed by atoms with van der Waals surface area (Å²) in [5, 5.41) is 4.06. The molecule has 6 heteroatoms. The highest BCUT2D eigenvalue weighted by atomic mass is 32.1. The fourth-order valence-corrected chi connectivity index (χ4v) is 3.23. The number of thiocarbonyl (C=S) groups is 1. The normalized spacial score (nSPS) is 17.7. The van der Waals surface area contributed by atoms with E-state index in [1.165, 1.54) is 5.69 Å². The average Bonchev–Trinajstić information content (AvgIpc) is 3.13. The van der Waals surface area contributed by atoms with Gasteiger partial charge in [0.15, 0.2) is 5.11 Å². The molecule has 0 spiro atoms. The summed E-state index contributed by atoms with van der Waals surface area (Å²) in [6.07, 6.45) is 1.68. The van der Waals surface area contributed by atoms with Crippen molar-refractivity contribution in [2.75, 3.05) is 31.6 Å². The summed E-state index contributed by atoms with van der Waals surface area (Å²) < 4.78 is 10.6. The number of nitrogens with zero attached hydrogens (tertiary/aromatic N) is 2. The molecule has 1 aromatic heterocycles. The van der Waals surface area contributed by atoms with Crippen LogP contribution >= 0.6 is 12.2 Å². The summed E-state index contributed by atoms with van der Waals surface area (Å²) in [5.74, 6) is 1.77. The molecule has 0 aliphatic carbocycles. The smallest absolute Gasteiger partial charge is 0.169 e. The number of nitrogens with one attached hydrogen (secondary N) is 1. The van der Waals surface area contributed by atoms with Crippen molar-refractivity contribution in [2.45, 2.75) is 19.5 Å². The number of benzene rings is 1. The third-order valence-electron chi connectivity index (χ3n) is 4.31. The van der Waals surface area contributed by atoms with Crippen LogP contribution in [0.3, 0.4) is 0 Å². The fraction of sp³-hybridized carbons (Fsp3) is 0.389. The lowest BCUT2D eigenvalue weighted by Gasteiger charge is -2.42. The largest absolute Gasteiger partial charge is 0.497 e. The third-order valence-corrected chi connectivity index (χ3v) is 4.72. The van der Waals surface area contributed by atoms with E-state index in [0.29, 0.717) is 12.6 Å². The molecule has 1 saturated heterocycles. The molecule has 1 aliphatic rings. The van der Waals surface area contributed by atoms with Crippen LogP contribution in [-0.2, 0) is 6.54 Å². The van der Waals surface area contributed by atoms with E-state index in [2.05, 4.69) is 34.2 Å². The molecule has 0 saturated carbocycles. The second kappa shape index (κ2) is 7.57. The first-order valence-corrected chi connectivity index (χ1v) is 8.54. The molecule has 24 heavy (non-hydrogen) atoms. The van der Waals surface area contributed by atoms with Gasteiger partial charge in [-0.05, 0) is 55.5 Å². The maximum atomic E-state index is 5.53. The topological polar surface area (TPSA) is 40.9 Å². The number of furan rings is 1. The summed E-state index contributed by atoms with van der Waals surface area (Å²) in [5.41, 5.74) is 1.22. The minimum Gasteiger partial charge on any atom is -0.497 e. The number of ether oxygens (including phenoxy) is 1. The Hall–Kier alpha value is -2.21. The van der Waals surface area contributed by atoms with Crippen LogP contribution < -0.4 is 15.0 Å². The summed E-state index contributed by atoms with van der Waals surface area (Å²) >= 11 is 5.53. The van der Waals surface area contributed by atoms with Crippen LogP contribution in [-0.4, -0.2) is 42.8 Å². The second-order valence-corrected chi connectivity index (χ2v) is 6.31. The molecule has 5 nitrogen and oxygen atoms in total. The Morgan fingerprint density at radius 2 is 2.08 bits per heavy atom. The molecular weight excluding hydrogens is 322 g/mol. The highest BCUT2D eigenvalue weighted by Crippen LogP contribution is 2.23. The maximum Gasteiger partial charge on any atom is 0.169 e. The van der Waals surface area contributed by atoms with Gasteiger partial charge in [0, 0.05) is 31.4 Å². The number of hydrogen-bond acceptors (Lipinski definition) is 4. The molecule has 0 bridgehead atoms. The zero-order valence-corrected chi connectivity index (χ0v) is 14.9.